The predicted octanol–water partition coefficient (Wildman–Crippen LogP) is 1.38. The zero-order valence-corrected chi connectivity index (χ0v) is 14.3. The molecule has 0 aliphatic heterocycles. The number of ether oxygens (including phenoxy) is 2. The van der Waals surface area contributed by atoms with Gasteiger partial charge < -0.3 is 19.7 Å². The Bertz CT molecular complexity index is 341. The number of nitrogens with zero attached hydrogens (tertiary/aromatic N) is 1. The lowest BCUT2D eigenvalue weighted by molar-refractivity contribution is -0.139. The Morgan fingerprint density at radius 1 is 1.18 bits per heavy atom. The normalized spacial score (nSPS) is 9.50. The Morgan fingerprint density at radius 3 is 2.27 bits per heavy atom. The van der Waals surface area contributed by atoms with E-state index in [0.717, 1.165) is 19.5 Å². The summed E-state index contributed by atoms with van der Waals surface area (Å²) in [5.41, 5.74) is 0.448. The van der Waals surface area contributed by atoms with Crippen molar-refractivity contribution in [3.63, 3.8) is 0 Å². The van der Waals surface area contributed by atoms with Crippen LogP contribution in [-0.2, 0) is 19.1 Å². The van der Waals surface area contributed by atoms with Gasteiger partial charge in [0.05, 0.1) is 0 Å². The molecular weight excluding hydrogens is 284 g/mol. The van der Waals surface area contributed by atoms with E-state index in [1.54, 1.807) is 6.92 Å². The topological polar surface area (TPSA) is 67.9 Å². The predicted molar refractivity (Wildman–Crippen MR) is 88.6 cm³/mol. The molecule has 0 aromatic carbocycles. The summed E-state index contributed by atoms with van der Waals surface area (Å²) in [6, 6.07) is 0. The molecule has 0 fully saturated rings. The Hall–Kier alpha value is -1.66. The van der Waals surface area contributed by atoms with E-state index in [9.17, 15) is 9.59 Å². The van der Waals surface area contributed by atoms with Crippen molar-refractivity contribution in [3.8, 4) is 0 Å². The quantitative estimate of drug-likeness (QED) is 0.373. The highest BCUT2D eigenvalue weighted by atomic mass is 16.5. The van der Waals surface area contributed by atoms with Gasteiger partial charge in [-0.3, -0.25) is 0 Å². The molecular formula is C16H30N2O4. The molecule has 0 saturated heterocycles. The summed E-state index contributed by atoms with van der Waals surface area (Å²) in [6.45, 7) is 13.7. The van der Waals surface area contributed by atoms with E-state index >= 15 is 0 Å². The Kier molecular flexibility index (Phi) is 16.2. The Morgan fingerprint density at radius 2 is 1.82 bits per heavy atom. The number of carbonyl (C=O) groups excluding carboxylic acids is 2. The minimum Gasteiger partial charge on any atom is -0.461 e. The van der Waals surface area contributed by atoms with Crippen LogP contribution in [0.25, 0.3) is 0 Å². The molecule has 1 N–H and O–H groups in total. The first-order chi connectivity index (χ1) is 10.3. The molecule has 22 heavy (non-hydrogen) atoms. The van der Waals surface area contributed by atoms with Crippen LogP contribution >= 0.6 is 0 Å². The van der Waals surface area contributed by atoms with Crippen LogP contribution in [0.15, 0.2) is 24.8 Å². The van der Waals surface area contributed by atoms with Gasteiger partial charge in [-0.15, -0.1) is 0 Å². The fourth-order valence-corrected chi connectivity index (χ4v) is 1.03. The molecule has 0 aromatic rings. The van der Waals surface area contributed by atoms with E-state index in [-0.39, 0.29) is 11.9 Å². The van der Waals surface area contributed by atoms with Gasteiger partial charge in [0.15, 0.2) is 0 Å². The lowest BCUT2D eigenvalue weighted by Gasteiger charge is -2.09. The van der Waals surface area contributed by atoms with Gasteiger partial charge in [-0.25, -0.2) is 9.59 Å². The van der Waals surface area contributed by atoms with Crippen LogP contribution in [0.5, 0.6) is 0 Å². The molecule has 0 atom stereocenters. The summed E-state index contributed by atoms with van der Waals surface area (Å²) in [4.78, 5) is 23.2. The van der Waals surface area contributed by atoms with Crippen molar-refractivity contribution < 1.29 is 19.1 Å². The van der Waals surface area contributed by atoms with Crippen molar-refractivity contribution in [1.82, 2.24) is 10.2 Å². The maximum Gasteiger partial charge on any atom is 0.333 e. The van der Waals surface area contributed by atoms with Crippen LogP contribution in [0.1, 0.15) is 20.3 Å². The van der Waals surface area contributed by atoms with Gasteiger partial charge in [-0.1, -0.05) is 20.1 Å². The molecule has 0 aromatic heterocycles. The fraction of sp³-hybridized carbons (Fsp3) is 0.625. The van der Waals surface area contributed by atoms with Crippen molar-refractivity contribution >= 4 is 11.9 Å². The molecule has 0 heterocycles. The number of rotatable bonds is 10. The summed E-state index contributed by atoms with van der Waals surface area (Å²) in [5.74, 6) is -0.671. The molecule has 0 bridgehead atoms. The van der Waals surface area contributed by atoms with Gasteiger partial charge in [0.1, 0.15) is 13.2 Å². The van der Waals surface area contributed by atoms with Gasteiger partial charge in [-0.05, 0) is 34.0 Å². The summed E-state index contributed by atoms with van der Waals surface area (Å²) in [5, 5.41) is 3.10. The third-order valence-corrected chi connectivity index (χ3v) is 2.24. The van der Waals surface area contributed by atoms with Crippen molar-refractivity contribution in [2.24, 2.45) is 0 Å². The number of hydrogen-bond acceptors (Lipinski definition) is 6. The Balaban J connectivity index is 0. The number of carbonyl (C=O) groups is 2. The molecule has 0 aliphatic carbocycles. The zero-order valence-electron chi connectivity index (χ0n) is 14.3. The van der Waals surface area contributed by atoms with E-state index < -0.39 is 0 Å². The van der Waals surface area contributed by atoms with Crippen LogP contribution in [0.3, 0.4) is 0 Å². The minimum absolute atomic E-state index is 0.313. The average Bonchev–Trinajstić information content (AvgIpc) is 2.46. The summed E-state index contributed by atoms with van der Waals surface area (Å²) in [6.07, 6.45) is 2.26. The summed E-state index contributed by atoms with van der Waals surface area (Å²) in [7, 11) is 3.85. The second-order valence-electron chi connectivity index (χ2n) is 4.84. The molecule has 0 rings (SSSR count). The van der Waals surface area contributed by atoms with E-state index in [4.69, 9.17) is 9.47 Å². The van der Waals surface area contributed by atoms with Crippen LogP contribution in [-0.4, -0.2) is 63.8 Å². The molecule has 0 aliphatic rings. The number of likely N-dealkylation sites (N-methyl/N-ethyl adjacent to an activating group) is 1. The first-order valence-corrected chi connectivity index (χ1v) is 7.32. The molecule has 6 nitrogen and oxygen atoms in total. The van der Waals surface area contributed by atoms with E-state index in [1.807, 2.05) is 19.0 Å². The number of nitrogens with one attached hydrogen (secondary N) is 1. The van der Waals surface area contributed by atoms with Gasteiger partial charge >= 0.3 is 11.9 Å². The maximum absolute atomic E-state index is 10.8. The first-order valence-electron chi connectivity index (χ1n) is 7.32. The third kappa shape index (κ3) is 18.3. The molecule has 0 spiro atoms. The van der Waals surface area contributed by atoms with Crippen molar-refractivity contribution in [2.75, 3.05) is 46.9 Å². The third-order valence-electron chi connectivity index (χ3n) is 2.24. The monoisotopic (exact) mass is 314 g/mol. The van der Waals surface area contributed by atoms with Crippen LogP contribution in [0.2, 0.25) is 0 Å². The highest BCUT2D eigenvalue weighted by Crippen LogP contribution is 1.91. The van der Waals surface area contributed by atoms with Crippen LogP contribution in [0, 0.1) is 0 Å². The SMILES string of the molecule is C=C(C)C(=O)OCCN(C)C.C=CC(=O)OCCNCCC. The molecule has 6 heteroatoms. The van der Waals surface area contributed by atoms with Gasteiger partial charge in [0.2, 0.25) is 0 Å². The maximum atomic E-state index is 10.8. The smallest absolute Gasteiger partial charge is 0.333 e. The lowest BCUT2D eigenvalue weighted by atomic mass is 10.4. The number of hydrogen-bond donors (Lipinski definition) is 1. The Labute approximate surface area is 134 Å². The second-order valence-corrected chi connectivity index (χ2v) is 4.84. The highest BCUT2D eigenvalue weighted by Gasteiger charge is 2.01. The minimum atomic E-state index is -0.358. The summed E-state index contributed by atoms with van der Waals surface area (Å²) >= 11 is 0. The zero-order chi connectivity index (χ0) is 17.4. The second kappa shape index (κ2) is 15.7. The lowest BCUT2D eigenvalue weighted by Crippen LogP contribution is -2.21. The van der Waals surface area contributed by atoms with Gasteiger partial charge in [0.25, 0.3) is 0 Å². The molecule has 0 radical (unpaired) electrons. The van der Waals surface area contributed by atoms with Crippen molar-refractivity contribution in [1.29, 1.82) is 0 Å². The van der Waals surface area contributed by atoms with Crippen LogP contribution < -0.4 is 5.32 Å². The molecule has 128 valence electrons. The largest absolute Gasteiger partial charge is 0.461 e. The average molecular weight is 314 g/mol. The number of esters is 2. The van der Waals surface area contributed by atoms with Crippen molar-refractivity contribution in [2.45, 2.75) is 20.3 Å². The summed E-state index contributed by atoms with van der Waals surface area (Å²) < 4.78 is 9.55. The highest BCUT2D eigenvalue weighted by molar-refractivity contribution is 5.86. The van der Waals surface area contributed by atoms with Crippen LogP contribution in [0.4, 0.5) is 0 Å². The van der Waals surface area contributed by atoms with Gasteiger partial charge in [0, 0.05) is 24.7 Å². The molecule has 0 saturated carbocycles. The molecule has 0 unspecified atom stereocenters. The first kappa shape index (κ1) is 22.6. The van der Waals surface area contributed by atoms with Gasteiger partial charge in [-0.2, -0.15) is 0 Å². The van der Waals surface area contributed by atoms with E-state index in [1.165, 1.54) is 6.08 Å². The molecule has 0 amide bonds. The standard InChI is InChI=1S/2C8H15NO2/c1-7(2)8(10)11-6-5-9(3)4;1-3-5-9-6-7-11-8(10)4-2/h1,5-6H2,2-4H3;4,9H,2-3,5-7H2,1H3. The van der Waals surface area contributed by atoms with Crippen molar-refractivity contribution in [3.05, 3.63) is 24.8 Å². The fourth-order valence-electron chi connectivity index (χ4n) is 1.03. The van der Waals surface area contributed by atoms with E-state index in [2.05, 4.69) is 25.4 Å². The van der Waals surface area contributed by atoms with E-state index in [0.29, 0.717) is 25.3 Å².